The van der Waals surface area contributed by atoms with Crippen LogP contribution < -0.4 is 10.2 Å². The zero-order valence-corrected chi connectivity index (χ0v) is 11.8. The fourth-order valence-corrected chi connectivity index (χ4v) is 1.50. The Morgan fingerprint density at radius 3 is 2.85 bits per heavy atom. The van der Waals surface area contributed by atoms with E-state index in [1.165, 1.54) is 11.0 Å². The van der Waals surface area contributed by atoms with Crippen LogP contribution in [0.2, 0.25) is 0 Å². The van der Waals surface area contributed by atoms with Gasteiger partial charge in [0, 0.05) is 27.2 Å². The van der Waals surface area contributed by atoms with Crippen LogP contribution in [-0.2, 0) is 4.74 Å². The van der Waals surface area contributed by atoms with E-state index < -0.39 is 0 Å². The first-order chi connectivity index (χ1) is 9.74. The van der Waals surface area contributed by atoms with E-state index in [1.807, 2.05) is 18.9 Å². The lowest BCUT2D eigenvalue weighted by molar-refractivity contribution is 0.154. The summed E-state index contributed by atoms with van der Waals surface area (Å²) >= 11 is 0. The molecule has 0 saturated heterocycles. The van der Waals surface area contributed by atoms with Gasteiger partial charge in [0.25, 0.3) is 5.95 Å². The van der Waals surface area contributed by atoms with Crippen molar-refractivity contribution in [3.05, 3.63) is 12.7 Å². The Kier molecular flexibility index (Phi) is 4.77. The van der Waals surface area contributed by atoms with Gasteiger partial charge in [-0.15, -0.1) is 0 Å². The van der Waals surface area contributed by atoms with Crippen molar-refractivity contribution in [1.29, 1.82) is 0 Å². The van der Waals surface area contributed by atoms with Crippen LogP contribution in [0.25, 0.3) is 5.95 Å². The van der Waals surface area contributed by atoms with Crippen molar-refractivity contribution in [3.8, 4) is 5.95 Å². The Morgan fingerprint density at radius 2 is 2.20 bits per heavy atom. The van der Waals surface area contributed by atoms with Crippen LogP contribution >= 0.6 is 0 Å². The van der Waals surface area contributed by atoms with Crippen LogP contribution in [0, 0.1) is 0 Å². The standard InChI is InChI=1S/C11H18N8O/c1-4-20-6-5-18(3)10-15-9(12-2)16-11(17-10)19-8-13-7-14-19/h7-8H,4-6H2,1-3H3,(H,12,15,16,17). The minimum Gasteiger partial charge on any atom is -0.380 e. The summed E-state index contributed by atoms with van der Waals surface area (Å²) in [6, 6.07) is 0. The molecule has 0 aromatic carbocycles. The van der Waals surface area contributed by atoms with Crippen LogP contribution in [0.3, 0.4) is 0 Å². The normalized spacial score (nSPS) is 10.6. The summed E-state index contributed by atoms with van der Waals surface area (Å²) in [5, 5.41) is 6.93. The molecule has 0 saturated carbocycles. The van der Waals surface area contributed by atoms with E-state index in [1.54, 1.807) is 13.4 Å². The summed E-state index contributed by atoms with van der Waals surface area (Å²) in [5.74, 6) is 1.44. The monoisotopic (exact) mass is 278 g/mol. The first-order valence-electron chi connectivity index (χ1n) is 6.32. The highest BCUT2D eigenvalue weighted by atomic mass is 16.5. The van der Waals surface area contributed by atoms with Crippen molar-refractivity contribution >= 4 is 11.9 Å². The number of ether oxygens (including phenoxy) is 1. The largest absolute Gasteiger partial charge is 0.380 e. The Hall–Kier alpha value is -2.29. The van der Waals surface area contributed by atoms with Gasteiger partial charge in [0.1, 0.15) is 12.7 Å². The number of hydrogen-bond acceptors (Lipinski definition) is 8. The predicted molar refractivity (Wildman–Crippen MR) is 74.1 cm³/mol. The van der Waals surface area contributed by atoms with Gasteiger partial charge in [-0.3, -0.25) is 0 Å². The summed E-state index contributed by atoms with van der Waals surface area (Å²) in [6.07, 6.45) is 2.97. The van der Waals surface area contributed by atoms with Gasteiger partial charge >= 0.3 is 0 Å². The molecule has 1 N–H and O–H groups in total. The predicted octanol–water partition coefficient (Wildman–Crippen LogP) is -0.0333. The number of nitrogens with zero attached hydrogens (tertiary/aromatic N) is 7. The topological polar surface area (TPSA) is 93.9 Å². The van der Waals surface area contributed by atoms with Crippen LogP contribution in [0.4, 0.5) is 11.9 Å². The van der Waals surface area contributed by atoms with Gasteiger partial charge in [-0.1, -0.05) is 0 Å². The first kappa shape index (κ1) is 14.1. The zero-order chi connectivity index (χ0) is 14.4. The van der Waals surface area contributed by atoms with E-state index in [0.29, 0.717) is 37.6 Å². The quantitative estimate of drug-likeness (QED) is 0.705. The molecule has 2 rings (SSSR count). The van der Waals surface area contributed by atoms with E-state index in [0.717, 1.165) is 0 Å². The molecule has 0 amide bonds. The van der Waals surface area contributed by atoms with E-state index in [9.17, 15) is 0 Å². The number of hydrogen-bond donors (Lipinski definition) is 1. The summed E-state index contributed by atoms with van der Waals surface area (Å²) in [4.78, 5) is 18.7. The van der Waals surface area contributed by atoms with Gasteiger partial charge in [0.15, 0.2) is 0 Å². The molecule has 9 heteroatoms. The maximum Gasteiger partial charge on any atom is 0.258 e. The van der Waals surface area contributed by atoms with Crippen molar-refractivity contribution in [2.75, 3.05) is 44.1 Å². The summed E-state index contributed by atoms with van der Waals surface area (Å²) in [6.45, 7) is 3.96. The zero-order valence-electron chi connectivity index (χ0n) is 11.8. The van der Waals surface area contributed by atoms with E-state index >= 15 is 0 Å². The third-order valence-electron chi connectivity index (χ3n) is 2.58. The number of likely N-dealkylation sites (N-methyl/N-ethyl adjacent to an activating group) is 1. The maximum atomic E-state index is 5.33. The minimum atomic E-state index is 0.417. The van der Waals surface area contributed by atoms with Crippen LogP contribution in [0.5, 0.6) is 0 Å². The Balaban J connectivity index is 2.22. The highest BCUT2D eigenvalue weighted by Crippen LogP contribution is 2.10. The Labute approximate surface area is 117 Å². The van der Waals surface area contributed by atoms with Gasteiger partial charge in [0.05, 0.1) is 6.61 Å². The number of aromatic nitrogens is 6. The molecule has 0 aliphatic rings. The van der Waals surface area contributed by atoms with Gasteiger partial charge in [-0.05, 0) is 6.92 Å². The van der Waals surface area contributed by atoms with Crippen LogP contribution in [0.1, 0.15) is 6.92 Å². The molecule has 0 atom stereocenters. The second-order valence-corrected chi connectivity index (χ2v) is 3.97. The molecule has 0 bridgehead atoms. The lowest BCUT2D eigenvalue weighted by Crippen LogP contribution is -2.25. The van der Waals surface area contributed by atoms with Gasteiger partial charge < -0.3 is 15.0 Å². The molecule has 20 heavy (non-hydrogen) atoms. The number of rotatable bonds is 7. The van der Waals surface area contributed by atoms with Crippen LogP contribution in [-0.4, -0.2) is 63.6 Å². The fourth-order valence-electron chi connectivity index (χ4n) is 1.50. The molecule has 0 aliphatic heterocycles. The minimum absolute atomic E-state index is 0.417. The lowest BCUT2D eigenvalue weighted by atomic mass is 10.6. The summed E-state index contributed by atoms with van der Waals surface area (Å²) in [5.41, 5.74) is 0. The second kappa shape index (κ2) is 6.75. The fraction of sp³-hybridized carbons (Fsp3) is 0.545. The number of anilines is 2. The smallest absolute Gasteiger partial charge is 0.258 e. The molecular weight excluding hydrogens is 260 g/mol. The lowest BCUT2D eigenvalue weighted by Gasteiger charge is -2.17. The van der Waals surface area contributed by atoms with Crippen molar-refractivity contribution < 1.29 is 4.74 Å². The van der Waals surface area contributed by atoms with Crippen molar-refractivity contribution in [3.63, 3.8) is 0 Å². The molecular formula is C11H18N8O. The highest BCUT2D eigenvalue weighted by molar-refractivity contribution is 5.38. The molecule has 9 nitrogen and oxygen atoms in total. The molecule has 2 aromatic heterocycles. The average Bonchev–Trinajstić information content (AvgIpc) is 3.01. The molecule has 108 valence electrons. The molecule has 2 aromatic rings. The molecule has 2 heterocycles. The van der Waals surface area contributed by atoms with Crippen molar-refractivity contribution in [1.82, 2.24) is 29.7 Å². The average molecular weight is 278 g/mol. The highest BCUT2D eigenvalue weighted by Gasteiger charge is 2.11. The van der Waals surface area contributed by atoms with Crippen molar-refractivity contribution in [2.24, 2.45) is 0 Å². The van der Waals surface area contributed by atoms with Gasteiger partial charge in [-0.25, -0.2) is 4.98 Å². The first-order valence-corrected chi connectivity index (χ1v) is 6.32. The maximum absolute atomic E-state index is 5.33. The van der Waals surface area contributed by atoms with Gasteiger partial charge in [-0.2, -0.15) is 24.7 Å². The molecule has 0 unspecified atom stereocenters. The number of nitrogens with one attached hydrogen (secondary N) is 1. The molecule has 0 aliphatic carbocycles. The summed E-state index contributed by atoms with van der Waals surface area (Å²) < 4.78 is 6.82. The molecule has 0 fully saturated rings. The van der Waals surface area contributed by atoms with Crippen LogP contribution in [0.15, 0.2) is 12.7 Å². The third kappa shape index (κ3) is 3.38. The second-order valence-electron chi connectivity index (χ2n) is 3.97. The van der Waals surface area contributed by atoms with E-state index in [-0.39, 0.29) is 0 Å². The molecule has 0 spiro atoms. The van der Waals surface area contributed by atoms with Crippen molar-refractivity contribution in [2.45, 2.75) is 6.92 Å². The SMILES string of the molecule is CCOCCN(C)c1nc(NC)nc(-n2cncn2)n1. The Morgan fingerprint density at radius 1 is 1.35 bits per heavy atom. The van der Waals surface area contributed by atoms with E-state index in [4.69, 9.17) is 4.74 Å². The third-order valence-corrected chi connectivity index (χ3v) is 2.58. The Bertz CT molecular complexity index is 529. The van der Waals surface area contributed by atoms with E-state index in [2.05, 4.69) is 30.4 Å². The molecule has 0 radical (unpaired) electrons. The summed E-state index contributed by atoms with van der Waals surface area (Å²) in [7, 11) is 3.66. The van der Waals surface area contributed by atoms with Gasteiger partial charge in [0.2, 0.25) is 11.9 Å².